The van der Waals surface area contributed by atoms with Crippen LogP contribution in [0.25, 0.3) is 0 Å². The first-order chi connectivity index (χ1) is 8.49. The minimum atomic E-state index is -0.702. The van der Waals surface area contributed by atoms with Gasteiger partial charge in [0.1, 0.15) is 5.56 Å². The average molecular weight is 249 g/mol. The van der Waals surface area contributed by atoms with Gasteiger partial charge in [-0.2, -0.15) is 0 Å². The van der Waals surface area contributed by atoms with Crippen molar-refractivity contribution in [1.82, 2.24) is 14.9 Å². The number of hydrogen-bond donors (Lipinski definition) is 2. The molecule has 1 aromatic rings. The van der Waals surface area contributed by atoms with Crippen LogP contribution in [-0.4, -0.2) is 15.5 Å². The number of H-pyrrole nitrogens is 1. The molecule has 0 aromatic carbocycles. The Morgan fingerprint density at radius 1 is 1.39 bits per heavy atom. The second kappa shape index (κ2) is 5.81. The highest BCUT2D eigenvalue weighted by molar-refractivity contribution is 5.94. The summed E-state index contributed by atoms with van der Waals surface area (Å²) < 4.78 is 1.14. The van der Waals surface area contributed by atoms with E-state index >= 15 is 0 Å². The Hall–Kier alpha value is -2.37. The lowest BCUT2D eigenvalue weighted by Gasteiger charge is -2.05. The molecule has 1 amide bonds. The summed E-state index contributed by atoms with van der Waals surface area (Å²) in [6.45, 7) is 3.58. The Kier molecular flexibility index (Phi) is 4.42. The van der Waals surface area contributed by atoms with Crippen molar-refractivity contribution in [2.75, 3.05) is 0 Å². The fourth-order valence-electron chi connectivity index (χ4n) is 1.31. The van der Waals surface area contributed by atoms with Gasteiger partial charge in [-0.15, -0.1) is 0 Å². The lowest BCUT2D eigenvalue weighted by atomic mass is 10.3. The predicted molar refractivity (Wildman–Crippen MR) is 68.3 cm³/mol. The van der Waals surface area contributed by atoms with Crippen molar-refractivity contribution in [2.45, 2.75) is 13.8 Å². The van der Waals surface area contributed by atoms with Crippen molar-refractivity contribution in [3.05, 3.63) is 56.5 Å². The Labute approximate surface area is 104 Å². The van der Waals surface area contributed by atoms with Crippen LogP contribution in [0.4, 0.5) is 0 Å². The van der Waals surface area contributed by atoms with E-state index in [1.165, 1.54) is 13.2 Å². The number of carbonyl (C=O) groups is 1. The van der Waals surface area contributed by atoms with E-state index in [2.05, 4.69) is 10.3 Å². The smallest absolute Gasteiger partial charge is 0.322 e. The van der Waals surface area contributed by atoms with Crippen LogP contribution < -0.4 is 16.6 Å². The Balaban J connectivity index is 3.09. The second-order valence-electron chi connectivity index (χ2n) is 3.61. The van der Waals surface area contributed by atoms with Crippen LogP contribution in [0.3, 0.4) is 0 Å². The Bertz CT molecular complexity index is 620. The fourth-order valence-corrected chi connectivity index (χ4v) is 1.31. The molecular formula is C12H15N3O3. The minimum absolute atomic E-state index is 0.110. The molecule has 0 fully saturated rings. The molecule has 0 saturated heterocycles. The summed E-state index contributed by atoms with van der Waals surface area (Å²) in [5, 5.41) is 2.57. The highest BCUT2D eigenvalue weighted by Crippen LogP contribution is 1.95. The topological polar surface area (TPSA) is 84.0 Å². The Morgan fingerprint density at radius 3 is 2.61 bits per heavy atom. The number of aromatic nitrogens is 2. The molecule has 0 unspecified atom stereocenters. The zero-order chi connectivity index (χ0) is 13.7. The van der Waals surface area contributed by atoms with Crippen molar-refractivity contribution in [3.63, 3.8) is 0 Å². The van der Waals surface area contributed by atoms with Gasteiger partial charge in [-0.1, -0.05) is 12.2 Å². The molecule has 0 radical (unpaired) electrons. The zero-order valence-electron chi connectivity index (χ0n) is 10.5. The molecule has 0 aliphatic heterocycles. The van der Waals surface area contributed by atoms with Gasteiger partial charge in [-0.3, -0.25) is 14.6 Å². The lowest BCUT2D eigenvalue weighted by molar-refractivity contribution is 0.0964. The molecule has 18 heavy (non-hydrogen) atoms. The fraction of sp³-hybridized carbons (Fsp3) is 0.250. The van der Waals surface area contributed by atoms with Gasteiger partial charge in [-0.25, -0.2) is 4.79 Å². The van der Waals surface area contributed by atoms with Crippen LogP contribution in [0, 0.1) is 0 Å². The van der Waals surface area contributed by atoms with Crippen LogP contribution in [0.15, 0.2) is 39.7 Å². The number of rotatable bonds is 3. The molecule has 0 atom stereocenters. The minimum Gasteiger partial charge on any atom is -0.322 e. The van der Waals surface area contributed by atoms with Crippen LogP contribution in [0.1, 0.15) is 24.2 Å². The summed E-state index contributed by atoms with van der Waals surface area (Å²) in [7, 11) is 1.46. The molecule has 1 aromatic heterocycles. The third-order valence-corrected chi connectivity index (χ3v) is 2.27. The summed E-state index contributed by atoms with van der Waals surface area (Å²) >= 11 is 0. The quantitative estimate of drug-likeness (QED) is 0.755. The van der Waals surface area contributed by atoms with E-state index in [1.54, 1.807) is 25.2 Å². The van der Waals surface area contributed by atoms with Gasteiger partial charge in [0.05, 0.1) is 0 Å². The number of amides is 1. The van der Waals surface area contributed by atoms with E-state index in [-0.39, 0.29) is 5.56 Å². The normalized spacial score (nSPS) is 11.8. The van der Waals surface area contributed by atoms with Crippen molar-refractivity contribution < 1.29 is 4.79 Å². The number of carbonyl (C=O) groups excluding carboxylic acids is 1. The van der Waals surface area contributed by atoms with Crippen LogP contribution >= 0.6 is 0 Å². The lowest BCUT2D eigenvalue weighted by Crippen LogP contribution is -2.35. The molecule has 1 rings (SSSR count). The molecule has 6 heteroatoms. The van der Waals surface area contributed by atoms with Gasteiger partial charge in [0.25, 0.3) is 11.5 Å². The molecule has 96 valence electrons. The van der Waals surface area contributed by atoms with E-state index in [0.29, 0.717) is 5.70 Å². The van der Waals surface area contributed by atoms with Crippen LogP contribution in [0.5, 0.6) is 0 Å². The summed E-state index contributed by atoms with van der Waals surface area (Å²) in [6.07, 6.45) is 6.38. The summed E-state index contributed by atoms with van der Waals surface area (Å²) in [4.78, 5) is 36.6. The maximum atomic E-state index is 11.9. The molecule has 6 nitrogen and oxygen atoms in total. The summed E-state index contributed by atoms with van der Waals surface area (Å²) in [5.74, 6) is -0.557. The molecule has 0 bridgehead atoms. The molecule has 0 aliphatic rings. The highest BCUT2D eigenvalue weighted by Gasteiger charge is 2.12. The predicted octanol–water partition coefficient (Wildman–Crippen LogP) is 0.283. The van der Waals surface area contributed by atoms with Gasteiger partial charge < -0.3 is 9.88 Å². The number of nitrogens with one attached hydrogen (secondary N) is 2. The summed E-state index contributed by atoms with van der Waals surface area (Å²) in [6, 6.07) is 0. The van der Waals surface area contributed by atoms with E-state index in [0.717, 1.165) is 4.57 Å². The van der Waals surface area contributed by atoms with E-state index in [1.807, 2.05) is 6.92 Å². The van der Waals surface area contributed by atoms with E-state index < -0.39 is 17.2 Å². The first kappa shape index (κ1) is 13.7. The number of nitrogens with zero attached hydrogens (tertiary/aromatic N) is 1. The first-order valence-electron chi connectivity index (χ1n) is 5.40. The van der Waals surface area contributed by atoms with E-state index in [4.69, 9.17) is 0 Å². The monoisotopic (exact) mass is 249 g/mol. The molecule has 0 saturated carbocycles. The highest BCUT2D eigenvalue weighted by atomic mass is 16.2. The first-order valence-corrected chi connectivity index (χ1v) is 5.40. The maximum Gasteiger partial charge on any atom is 0.328 e. The number of aryl methyl sites for hydroxylation is 1. The van der Waals surface area contributed by atoms with Crippen molar-refractivity contribution in [3.8, 4) is 0 Å². The SMILES string of the molecule is C/C=C\C(=C/C)NC(=O)c1cn(C)c(=O)[nH]c1=O. The van der Waals surface area contributed by atoms with Crippen molar-refractivity contribution in [2.24, 2.45) is 7.05 Å². The summed E-state index contributed by atoms with van der Waals surface area (Å²) in [5.41, 5.74) is -0.792. The Morgan fingerprint density at radius 2 is 2.06 bits per heavy atom. The number of allylic oxidation sites excluding steroid dienone is 3. The average Bonchev–Trinajstić information content (AvgIpc) is 2.33. The number of aromatic amines is 1. The third kappa shape index (κ3) is 3.07. The van der Waals surface area contributed by atoms with Gasteiger partial charge in [0.2, 0.25) is 0 Å². The molecule has 1 heterocycles. The van der Waals surface area contributed by atoms with Gasteiger partial charge in [0, 0.05) is 18.9 Å². The molecular weight excluding hydrogens is 234 g/mol. The second-order valence-corrected chi connectivity index (χ2v) is 3.61. The molecule has 2 N–H and O–H groups in total. The van der Waals surface area contributed by atoms with Gasteiger partial charge in [0.15, 0.2) is 0 Å². The molecule has 0 spiro atoms. The van der Waals surface area contributed by atoms with Gasteiger partial charge >= 0.3 is 5.69 Å². The molecule has 0 aliphatic carbocycles. The number of hydrogen-bond acceptors (Lipinski definition) is 3. The van der Waals surface area contributed by atoms with Crippen LogP contribution in [-0.2, 0) is 7.05 Å². The van der Waals surface area contributed by atoms with Crippen molar-refractivity contribution in [1.29, 1.82) is 0 Å². The third-order valence-electron chi connectivity index (χ3n) is 2.27. The standard InChI is InChI=1S/C12H15N3O3/c1-4-6-8(5-2)13-10(16)9-7-15(3)12(18)14-11(9)17/h4-7H,1-3H3,(H,13,16)(H,14,17,18)/b6-4-,8-5+. The largest absolute Gasteiger partial charge is 0.328 e. The zero-order valence-corrected chi connectivity index (χ0v) is 10.5. The van der Waals surface area contributed by atoms with Crippen molar-refractivity contribution >= 4 is 5.91 Å². The maximum absolute atomic E-state index is 11.9. The van der Waals surface area contributed by atoms with Gasteiger partial charge in [-0.05, 0) is 19.9 Å². The van der Waals surface area contributed by atoms with Crippen LogP contribution in [0.2, 0.25) is 0 Å². The van der Waals surface area contributed by atoms with E-state index in [9.17, 15) is 14.4 Å².